The average Bonchev–Trinajstić information content (AvgIpc) is 3.27. The average molecular weight is 359 g/mol. The minimum atomic E-state index is -0.285. The molecule has 1 fully saturated rings. The molecule has 2 aromatic rings. The van der Waals surface area contributed by atoms with E-state index in [4.69, 9.17) is 4.74 Å². The van der Waals surface area contributed by atoms with Crippen LogP contribution in [0.25, 0.3) is 0 Å². The van der Waals surface area contributed by atoms with Gasteiger partial charge in [-0.3, -0.25) is 4.90 Å². The number of esters is 1. The molecule has 1 N–H and O–H groups in total. The quantitative estimate of drug-likeness (QED) is 0.771. The lowest BCUT2D eigenvalue weighted by Gasteiger charge is -2.25. The van der Waals surface area contributed by atoms with Crippen LogP contribution in [0.2, 0.25) is 0 Å². The summed E-state index contributed by atoms with van der Waals surface area (Å²) in [6.45, 7) is 7.02. The summed E-state index contributed by atoms with van der Waals surface area (Å²) in [6.07, 6.45) is 1.22. The molecule has 0 radical (unpaired) electrons. The Hall–Kier alpha value is -1.76. The SMILES string of the molecule is COC(=O)c1cccc(CN(Cc2scnc2C)CC2CCNC2)c1. The van der Waals surface area contributed by atoms with E-state index in [1.54, 1.807) is 17.4 Å². The van der Waals surface area contributed by atoms with E-state index in [0.717, 1.165) is 44.0 Å². The number of benzene rings is 1. The van der Waals surface area contributed by atoms with Crippen LogP contribution in [0.1, 0.15) is 32.9 Å². The van der Waals surface area contributed by atoms with Crippen molar-refractivity contribution < 1.29 is 9.53 Å². The minimum absolute atomic E-state index is 0.285. The number of hydrogen-bond acceptors (Lipinski definition) is 6. The van der Waals surface area contributed by atoms with Gasteiger partial charge in [0.15, 0.2) is 0 Å². The number of aromatic nitrogens is 1. The molecule has 1 aromatic carbocycles. The van der Waals surface area contributed by atoms with Gasteiger partial charge in [0.05, 0.1) is 23.9 Å². The highest BCUT2D eigenvalue weighted by Crippen LogP contribution is 2.20. The van der Waals surface area contributed by atoms with Crippen molar-refractivity contribution in [3.63, 3.8) is 0 Å². The van der Waals surface area contributed by atoms with Crippen LogP contribution in [0, 0.1) is 12.8 Å². The number of carbonyl (C=O) groups excluding carboxylic acids is 1. The summed E-state index contributed by atoms with van der Waals surface area (Å²) in [5.74, 6) is 0.392. The van der Waals surface area contributed by atoms with E-state index in [-0.39, 0.29) is 5.97 Å². The fourth-order valence-corrected chi connectivity index (χ4v) is 4.09. The maximum absolute atomic E-state index is 11.8. The minimum Gasteiger partial charge on any atom is -0.465 e. The number of hydrogen-bond donors (Lipinski definition) is 1. The van der Waals surface area contributed by atoms with Crippen molar-refractivity contribution in [1.82, 2.24) is 15.2 Å². The second-order valence-electron chi connectivity index (χ2n) is 6.58. The zero-order valence-corrected chi connectivity index (χ0v) is 15.6. The Kier molecular flexibility index (Phi) is 6.18. The summed E-state index contributed by atoms with van der Waals surface area (Å²) in [5, 5.41) is 3.45. The number of rotatable bonds is 7. The van der Waals surface area contributed by atoms with Gasteiger partial charge in [0.2, 0.25) is 0 Å². The highest BCUT2D eigenvalue weighted by atomic mass is 32.1. The summed E-state index contributed by atoms with van der Waals surface area (Å²) in [6, 6.07) is 7.74. The van der Waals surface area contributed by atoms with Gasteiger partial charge in [-0.2, -0.15) is 0 Å². The number of ether oxygens (including phenoxy) is 1. The summed E-state index contributed by atoms with van der Waals surface area (Å²) in [5.41, 5.74) is 4.77. The van der Waals surface area contributed by atoms with Gasteiger partial charge in [-0.15, -0.1) is 11.3 Å². The van der Waals surface area contributed by atoms with Crippen LogP contribution in [0.3, 0.4) is 0 Å². The van der Waals surface area contributed by atoms with Crippen molar-refractivity contribution in [3.8, 4) is 0 Å². The Morgan fingerprint density at radius 2 is 2.32 bits per heavy atom. The summed E-state index contributed by atoms with van der Waals surface area (Å²) in [7, 11) is 1.42. The Labute approximate surface area is 153 Å². The van der Waals surface area contributed by atoms with Crippen LogP contribution in [-0.4, -0.2) is 42.6 Å². The van der Waals surface area contributed by atoms with E-state index >= 15 is 0 Å². The number of nitrogens with one attached hydrogen (secondary N) is 1. The van der Waals surface area contributed by atoms with Crippen molar-refractivity contribution in [3.05, 3.63) is 51.5 Å². The van der Waals surface area contributed by atoms with Crippen LogP contribution in [0.5, 0.6) is 0 Å². The zero-order chi connectivity index (χ0) is 17.6. The second-order valence-corrected chi connectivity index (χ2v) is 7.52. The molecule has 0 aliphatic carbocycles. The van der Waals surface area contributed by atoms with E-state index in [2.05, 4.69) is 28.2 Å². The molecule has 3 rings (SSSR count). The molecule has 1 aliphatic rings. The van der Waals surface area contributed by atoms with E-state index in [9.17, 15) is 4.79 Å². The van der Waals surface area contributed by atoms with Crippen LogP contribution < -0.4 is 5.32 Å². The van der Waals surface area contributed by atoms with Gasteiger partial charge < -0.3 is 10.1 Å². The van der Waals surface area contributed by atoms with Crippen molar-refractivity contribution >= 4 is 17.3 Å². The molecule has 134 valence electrons. The molecule has 6 heteroatoms. The number of methoxy groups -OCH3 is 1. The van der Waals surface area contributed by atoms with E-state index < -0.39 is 0 Å². The molecular weight excluding hydrogens is 334 g/mol. The highest BCUT2D eigenvalue weighted by molar-refractivity contribution is 7.09. The first-order valence-electron chi connectivity index (χ1n) is 8.65. The molecule has 2 heterocycles. The third-order valence-corrected chi connectivity index (χ3v) is 5.56. The largest absolute Gasteiger partial charge is 0.465 e. The van der Waals surface area contributed by atoms with Gasteiger partial charge in [-0.25, -0.2) is 9.78 Å². The van der Waals surface area contributed by atoms with Crippen LogP contribution >= 0.6 is 11.3 Å². The monoisotopic (exact) mass is 359 g/mol. The zero-order valence-electron chi connectivity index (χ0n) is 14.8. The molecule has 0 bridgehead atoms. The third kappa shape index (κ3) is 4.87. The number of carbonyl (C=O) groups is 1. The lowest BCUT2D eigenvalue weighted by Crippen LogP contribution is -2.30. The van der Waals surface area contributed by atoms with Crippen LogP contribution in [0.15, 0.2) is 29.8 Å². The number of nitrogens with zero attached hydrogens (tertiary/aromatic N) is 2. The van der Waals surface area contributed by atoms with Gasteiger partial charge >= 0.3 is 5.97 Å². The molecule has 0 amide bonds. The highest BCUT2D eigenvalue weighted by Gasteiger charge is 2.20. The van der Waals surface area contributed by atoms with Gasteiger partial charge in [0, 0.05) is 24.5 Å². The van der Waals surface area contributed by atoms with Gasteiger partial charge in [-0.05, 0) is 50.0 Å². The van der Waals surface area contributed by atoms with Crippen molar-refractivity contribution in [1.29, 1.82) is 0 Å². The fraction of sp³-hybridized carbons (Fsp3) is 0.474. The van der Waals surface area contributed by atoms with E-state index in [1.807, 2.05) is 17.6 Å². The lowest BCUT2D eigenvalue weighted by atomic mass is 10.1. The Balaban J connectivity index is 1.74. The number of thiazole rings is 1. The Morgan fingerprint density at radius 3 is 3.00 bits per heavy atom. The molecule has 1 saturated heterocycles. The molecule has 1 atom stereocenters. The lowest BCUT2D eigenvalue weighted by molar-refractivity contribution is 0.0600. The summed E-state index contributed by atoms with van der Waals surface area (Å²) in [4.78, 5) is 19.9. The molecule has 0 spiro atoms. The molecule has 0 saturated carbocycles. The maximum atomic E-state index is 11.8. The fourth-order valence-electron chi connectivity index (χ4n) is 3.27. The maximum Gasteiger partial charge on any atom is 0.337 e. The van der Waals surface area contributed by atoms with E-state index in [0.29, 0.717) is 11.5 Å². The summed E-state index contributed by atoms with van der Waals surface area (Å²) < 4.78 is 4.84. The molecule has 1 aromatic heterocycles. The Morgan fingerprint density at radius 1 is 1.44 bits per heavy atom. The molecular formula is C19H25N3O2S. The first-order chi connectivity index (χ1) is 12.2. The van der Waals surface area contributed by atoms with Crippen molar-refractivity contribution in [2.75, 3.05) is 26.7 Å². The van der Waals surface area contributed by atoms with Gasteiger partial charge in [-0.1, -0.05) is 12.1 Å². The first-order valence-corrected chi connectivity index (χ1v) is 9.53. The standard InChI is InChI=1S/C19H25N3O2S/c1-14-18(25-13-21-14)12-22(11-16-6-7-20-9-16)10-15-4-3-5-17(8-15)19(23)24-2/h3-5,8,13,16,20H,6-7,9-12H2,1-2H3. The normalized spacial score (nSPS) is 17.2. The smallest absolute Gasteiger partial charge is 0.337 e. The van der Waals surface area contributed by atoms with E-state index in [1.165, 1.54) is 18.4 Å². The van der Waals surface area contributed by atoms with Crippen LogP contribution in [-0.2, 0) is 17.8 Å². The molecule has 25 heavy (non-hydrogen) atoms. The van der Waals surface area contributed by atoms with Crippen molar-refractivity contribution in [2.24, 2.45) is 5.92 Å². The predicted octanol–water partition coefficient (Wildman–Crippen LogP) is 2.85. The van der Waals surface area contributed by atoms with Gasteiger partial charge in [0.25, 0.3) is 0 Å². The van der Waals surface area contributed by atoms with Crippen molar-refractivity contribution in [2.45, 2.75) is 26.4 Å². The molecule has 1 aliphatic heterocycles. The number of aryl methyl sites for hydroxylation is 1. The summed E-state index contributed by atoms with van der Waals surface area (Å²) >= 11 is 1.72. The molecule has 5 nitrogen and oxygen atoms in total. The molecule has 1 unspecified atom stereocenters. The second kappa shape index (κ2) is 8.56. The first kappa shape index (κ1) is 18.0. The third-order valence-electron chi connectivity index (χ3n) is 4.65. The van der Waals surface area contributed by atoms with Gasteiger partial charge in [0.1, 0.15) is 0 Å². The topological polar surface area (TPSA) is 54.5 Å². The Bertz CT molecular complexity index is 710. The van der Waals surface area contributed by atoms with Crippen LogP contribution in [0.4, 0.5) is 0 Å². The predicted molar refractivity (Wildman–Crippen MR) is 99.7 cm³/mol.